The van der Waals surface area contributed by atoms with Gasteiger partial charge in [0.05, 0.1) is 6.54 Å². The summed E-state index contributed by atoms with van der Waals surface area (Å²) in [5, 5.41) is 2.95. The fraction of sp³-hybridized carbons (Fsp3) is 0.588. The molecule has 1 aromatic rings. The van der Waals surface area contributed by atoms with E-state index in [4.69, 9.17) is 5.73 Å². The number of nitrogens with one attached hydrogen (secondary N) is 1. The number of amides is 1. The standard InChI is InChI=1S/C17H29N3O/c1-4-5-6-11-20(14(2)3)13-17(21)19-16-9-7-15(12-18)8-10-16/h7-10,14H,4-6,11-13,18H2,1-3H3,(H,19,21). The molecular weight excluding hydrogens is 262 g/mol. The lowest BCUT2D eigenvalue weighted by Crippen LogP contribution is -2.38. The summed E-state index contributed by atoms with van der Waals surface area (Å²) >= 11 is 0. The summed E-state index contributed by atoms with van der Waals surface area (Å²) in [6, 6.07) is 8.06. The fourth-order valence-electron chi connectivity index (χ4n) is 2.19. The maximum Gasteiger partial charge on any atom is 0.238 e. The third-order valence-corrected chi connectivity index (χ3v) is 3.60. The van der Waals surface area contributed by atoms with Crippen LogP contribution in [0.3, 0.4) is 0 Å². The minimum Gasteiger partial charge on any atom is -0.326 e. The molecule has 0 aliphatic heterocycles. The van der Waals surface area contributed by atoms with Crippen LogP contribution in [0.2, 0.25) is 0 Å². The second-order valence-corrected chi connectivity index (χ2v) is 5.72. The van der Waals surface area contributed by atoms with Crippen LogP contribution in [0.25, 0.3) is 0 Å². The molecule has 21 heavy (non-hydrogen) atoms. The molecule has 0 radical (unpaired) electrons. The maximum atomic E-state index is 12.1. The molecule has 0 fully saturated rings. The summed E-state index contributed by atoms with van der Waals surface area (Å²) in [5.74, 6) is 0.0423. The Hall–Kier alpha value is -1.39. The number of unbranched alkanes of at least 4 members (excludes halogenated alkanes) is 2. The molecule has 0 aliphatic rings. The predicted octanol–water partition coefficient (Wildman–Crippen LogP) is 2.98. The average molecular weight is 291 g/mol. The SMILES string of the molecule is CCCCCN(CC(=O)Nc1ccc(CN)cc1)C(C)C. The van der Waals surface area contributed by atoms with E-state index in [2.05, 4.69) is 31.0 Å². The van der Waals surface area contributed by atoms with E-state index in [-0.39, 0.29) is 5.91 Å². The number of carbonyl (C=O) groups is 1. The van der Waals surface area contributed by atoms with Crippen LogP contribution in [-0.4, -0.2) is 29.9 Å². The third kappa shape index (κ3) is 6.74. The van der Waals surface area contributed by atoms with Gasteiger partial charge in [-0.2, -0.15) is 0 Å². The van der Waals surface area contributed by atoms with Crippen molar-refractivity contribution >= 4 is 11.6 Å². The van der Waals surface area contributed by atoms with Crippen molar-refractivity contribution in [1.82, 2.24) is 4.90 Å². The molecule has 0 aromatic heterocycles. The van der Waals surface area contributed by atoms with Gasteiger partial charge >= 0.3 is 0 Å². The Morgan fingerprint density at radius 1 is 1.24 bits per heavy atom. The first-order valence-corrected chi connectivity index (χ1v) is 7.89. The summed E-state index contributed by atoms with van der Waals surface area (Å²) < 4.78 is 0. The lowest BCUT2D eigenvalue weighted by atomic mass is 10.2. The van der Waals surface area contributed by atoms with Crippen LogP contribution < -0.4 is 11.1 Å². The van der Waals surface area contributed by atoms with Gasteiger partial charge in [-0.25, -0.2) is 0 Å². The molecule has 1 aromatic carbocycles. The molecule has 118 valence electrons. The predicted molar refractivity (Wildman–Crippen MR) is 89.2 cm³/mol. The quantitative estimate of drug-likeness (QED) is 0.688. The number of hydrogen-bond acceptors (Lipinski definition) is 3. The van der Waals surface area contributed by atoms with E-state index in [9.17, 15) is 4.79 Å². The van der Waals surface area contributed by atoms with Crippen LogP contribution in [0.4, 0.5) is 5.69 Å². The van der Waals surface area contributed by atoms with Crippen LogP contribution in [0, 0.1) is 0 Å². The second kappa shape index (κ2) is 9.53. The van der Waals surface area contributed by atoms with E-state index in [0.29, 0.717) is 19.1 Å². The summed E-state index contributed by atoms with van der Waals surface area (Å²) in [6.45, 7) is 8.40. The van der Waals surface area contributed by atoms with Gasteiger partial charge in [-0.15, -0.1) is 0 Å². The van der Waals surface area contributed by atoms with Crippen molar-refractivity contribution in [2.24, 2.45) is 5.73 Å². The zero-order chi connectivity index (χ0) is 15.7. The van der Waals surface area contributed by atoms with Gasteiger partial charge in [-0.3, -0.25) is 9.69 Å². The van der Waals surface area contributed by atoms with Gasteiger partial charge in [0.25, 0.3) is 0 Å². The van der Waals surface area contributed by atoms with Crippen LogP contribution in [-0.2, 0) is 11.3 Å². The minimum atomic E-state index is 0.0423. The summed E-state index contributed by atoms with van der Waals surface area (Å²) in [5.41, 5.74) is 7.46. The topological polar surface area (TPSA) is 58.4 Å². The average Bonchev–Trinajstić information content (AvgIpc) is 2.47. The Morgan fingerprint density at radius 3 is 2.43 bits per heavy atom. The van der Waals surface area contributed by atoms with Crippen LogP contribution in [0.5, 0.6) is 0 Å². The molecule has 0 spiro atoms. The van der Waals surface area contributed by atoms with Gasteiger partial charge in [0, 0.05) is 18.3 Å². The zero-order valence-electron chi connectivity index (χ0n) is 13.6. The molecule has 1 amide bonds. The van der Waals surface area contributed by atoms with Crippen LogP contribution >= 0.6 is 0 Å². The fourth-order valence-corrected chi connectivity index (χ4v) is 2.19. The zero-order valence-corrected chi connectivity index (χ0v) is 13.6. The van der Waals surface area contributed by atoms with Gasteiger partial charge in [-0.1, -0.05) is 31.9 Å². The molecule has 0 unspecified atom stereocenters. The highest BCUT2D eigenvalue weighted by Crippen LogP contribution is 2.10. The van der Waals surface area contributed by atoms with Crippen molar-refractivity contribution in [2.45, 2.75) is 52.6 Å². The smallest absolute Gasteiger partial charge is 0.238 e. The number of anilines is 1. The Balaban J connectivity index is 2.48. The summed E-state index contributed by atoms with van der Waals surface area (Å²) in [7, 11) is 0. The first kappa shape index (κ1) is 17.7. The number of nitrogens with two attached hydrogens (primary N) is 1. The van der Waals surface area contributed by atoms with Gasteiger partial charge in [0.1, 0.15) is 0 Å². The molecule has 0 saturated carbocycles. The van der Waals surface area contributed by atoms with Crippen LogP contribution in [0.15, 0.2) is 24.3 Å². The molecule has 0 bridgehead atoms. The van der Waals surface area contributed by atoms with E-state index in [1.807, 2.05) is 24.3 Å². The summed E-state index contributed by atoms with van der Waals surface area (Å²) in [6.07, 6.45) is 3.56. The van der Waals surface area contributed by atoms with E-state index in [1.54, 1.807) is 0 Å². The number of carbonyl (C=O) groups excluding carboxylic acids is 1. The number of benzene rings is 1. The van der Waals surface area contributed by atoms with Crippen LogP contribution in [0.1, 0.15) is 45.6 Å². The van der Waals surface area contributed by atoms with Crippen molar-refractivity contribution in [3.05, 3.63) is 29.8 Å². The molecule has 1 rings (SSSR count). The van der Waals surface area contributed by atoms with E-state index in [1.165, 1.54) is 12.8 Å². The van der Waals surface area contributed by atoms with Crippen molar-refractivity contribution in [3.63, 3.8) is 0 Å². The maximum absolute atomic E-state index is 12.1. The number of hydrogen-bond donors (Lipinski definition) is 2. The Labute approximate surface area is 128 Å². The highest BCUT2D eigenvalue weighted by atomic mass is 16.2. The van der Waals surface area contributed by atoms with Gasteiger partial charge < -0.3 is 11.1 Å². The van der Waals surface area contributed by atoms with Crippen molar-refractivity contribution < 1.29 is 4.79 Å². The first-order valence-electron chi connectivity index (χ1n) is 7.89. The minimum absolute atomic E-state index is 0.0423. The van der Waals surface area contributed by atoms with Crippen molar-refractivity contribution in [3.8, 4) is 0 Å². The summed E-state index contributed by atoms with van der Waals surface area (Å²) in [4.78, 5) is 14.4. The van der Waals surface area contributed by atoms with Gasteiger partial charge in [-0.05, 0) is 44.5 Å². The largest absolute Gasteiger partial charge is 0.326 e. The lowest BCUT2D eigenvalue weighted by Gasteiger charge is -2.25. The number of nitrogens with zero attached hydrogens (tertiary/aromatic N) is 1. The molecule has 0 aliphatic carbocycles. The molecule has 4 heteroatoms. The number of rotatable bonds is 9. The Bertz CT molecular complexity index is 415. The van der Waals surface area contributed by atoms with Crippen molar-refractivity contribution in [2.75, 3.05) is 18.4 Å². The Morgan fingerprint density at radius 2 is 1.90 bits per heavy atom. The molecule has 0 atom stereocenters. The highest BCUT2D eigenvalue weighted by Gasteiger charge is 2.13. The van der Waals surface area contributed by atoms with Gasteiger partial charge in [0.2, 0.25) is 5.91 Å². The molecule has 0 heterocycles. The monoisotopic (exact) mass is 291 g/mol. The molecular formula is C17H29N3O. The molecule has 3 N–H and O–H groups in total. The highest BCUT2D eigenvalue weighted by molar-refractivity contribution is 5.92. The Kier molecular flexibility index (Phi) is 8.01. The van der Waals surface area contributed by atoms with Crippen molar-refractivity contribution in [1.29, 1.82) is 0 Å². The molecule has 4 nitrogen and oxygen atoms in total. The normalized spacial score (nSPS) is 11.1. The first-order chi connectivity index (χ1) is 10.1. The van der Waals surface area contributed by atoms with E-state index >= 15 is 0 Å². The molecule has 0 saturated heterocycles. The van der Waals surface area contributed by atoms with E-state index in [0.717, 1.165) is 24.2 Å². The van der Waals surface area contributed by atoms with E-state index < -0.39 is 0 Å². The third-order valence-electron chi connectivity index (χ3n) is 3.60. The second-order valence-electron chi connectivity index (χ2n) is 5.72. The lowest BCUT2D eigenvalue weighted by molar-refractivity contribution is -0.117. The van der Waals surface area contributed by atoms with Gasteiger partial charge in [0.15, 0.2) is 0 Å².